The predicted octanol–water partition coefficient (Wildman–Crippen LogP) is 0.912. The molecule has 2 saturated heterocycles. The molecule has 3 heteroatoms. The molecule has 2 heterocycles. The van der Waals surface area contributed by atoms with E-state index in [4.69, 9.17) is 9.47 Å². The summed E-state index contributed by atoms with van der Waals surface area (Å²) >= 11 is 0. The second-order valence-corrected chi connectivity index (χ2v) is 3.25. The molecule has 0 aromatic carbocycles. The second-order valence-electron chi connectivity index (χ2n) is 3.25. The van der Waals surface area contributed by atoms with Crippen molar-refractivity contribution in [3.63, 3.8) is 0 Å². The maximum absolute atomic E-state index is 5.36. The number of fused-ring (bicyclic) bond motifs is 1. The van der Waals surface area contributed by atoms with Crippen LogP contribution >= 0.6 is 0 Å². The number of hydrogen-bond acceptors (Lipinski definition) is 2. The largest absolute Gasteiger partial charge is 0.383 e. The SMILES string of the molecule is C1CB2CCOCC2CO1. The zero-order valence-electron chi connectivity index (χ0n) is 6.21. The summed E-state index contributed by atoms with van der Waals surface area (Å²) in [5.41, 5.74) is 0. The molecule has 0 bridgehead atoms. The normalized spacial score (nSPS) is 28.2. The van der Waals surface area contributed by atoms with Gasteiger partial charge >= 0.3 is 0 Å². The van der Waals surface area contributed by atoms with Gasteiger partial charge < -0.3 is 9.47 Å². The number of hydrogen-bond donors (Lipinski definition) is 0. The zero-order valence-corrected chi connectivity index (χ0v) is 6.21. The van der Waals surface area contributed by atoms with E-state index in [-0.39, 0.29) is 0 Å². The molecule has 0 atom stereocenters. The Bertz CT molecular complexity index is 92.2. The van der Waals surface area contributed by atoms with Crippen molar-refractivity contribution in [1.82, 2.24) is 0 Å². The Morgan fingerprint density at radius 3 is 2.10 bits per heavy atom. The minimum Gasteiger partial charge on any atom is -0.383 e. The molecule has 2 aliphatic heterocycles. The van der Waals surface area contributed by atoms with E-state index in [1.165, 1.54) is 12.6 Å². The van der Waals surface area contributed by atoms with Crippen molar-refractivity contribution in [3.05, 3.63) is 0 Å². The van der Waals surface area contributed by atoms with Gasteiger partial charge in [0.25, 0.3) is 0 Å². The van der Waals surface area contributed by atoms with Gasteiger partial charge in [-0.25, -0.2) is 0 Å². The van der Waals surface area contributed by atoms with Crippen molar-refractivity contribution >= 4 is 6.71 Å². The van der Waals surface area contributed by atoms with Crippen LogP contribution < -0.4 is 0 Å². The first-order valence-corrected chi connectivity index (χ1v) is 4.12. The van der Waals surface area contributed by atoms with Gasteiger partial charge in [-0.3, -0.25) is 0 Å². The van der Waals surface area contributed by atoms with Crippen LogP contribution in [0.3, 0.4) is 0 Å². The van der Waals surface area contributed by atoms with Gasteiger partial charge in [0.05, 0.1) is 0 Å². The lowest BCUT2D eigenvalue weighted by molar-refractivity contribution is 0.0695. The first-order chi connectivity index (χ1) is 4.97. The van der Waals surface area contributed by atoms with Crippen LogP contribution in [-0.2, 0) is 9.47 Å². The van der Waals surface area contributed by atoms with Gasteiger partial charge in [0.2, 0.25) is 0 Å². The van der Waals surface area contributed by atoms with E-state index in [9.17, 15) is 0 Å². The van der Waals surface area contributed by atoms with E-state index in [1.807, 2.05) is 0 Å². The second kappa shape index (κ2) is 2.93. The average Bonchev–Trinajstić information content (AvgIpc) is 2.05. The molecule has 0 spiro atoms. The van der Waals surface area contributed by atoms with Crippen LogP contribution in [0.4, 0.5) is 0 Å². The molecule has 0 N–H and O–H groups in total. The standard InChI is InChI=1S/C7H13BO2/c1-3-9-5-7-6-10-4-2-8(1)7/h7H,1-6H2. The Balaban J connectivity index is 1.93. The lowest BCUT2D eigenvalue weighted by Crippen LogP contribution is -2.38. The first-order valence-electron chi connectivity index (χ1n) is 4.12. The highest BCUT2D eigenvalue weighted by Crippen LogP contribution is 2.26. The zero-order chi connectivity index (χ0) is 6.81. The van der Waals surface area contributed by atoms with Gasteiger partial charge in [0, 0.05) is 26.4 Å². The minimum absolute atomic E-state index is 0.711. The van der Waals surface area contributed by atoms with Crippen LogP contribution in [0.25, 0.3) is 0 Å². The van der Waals surface area contributed by atoms with Gasteiger partial charge in [-0.2, -0.15) is 0 Å². The van der Waals surface area contributed by atoms with E-state index in [1.54, 1.807) is 0 Å². The lowest BCUT2D eigenvalue weighted by Gasteiger charge is -2.32. The highest BCUT2D eigenvalue weighted by atomic mass is 16.5. The summed E-state index contributed by atoms with van der Waals surface area (Å²) in [5, 5.41) is 0. The molecule has 0 saturated carbocycles. The third-order valence-electron chi connectivity index (χ3n) is 2.60. The summed E-state index contributed by atoms with van der Waals surface area (Å²) in [7, 11) is 0. The number of ether oxygens (including phenoxy) is 2. The predicted molar refractivity (Wildman–Crippen MR) is 40.8 cm³/mol. The fourth-order valence-electron chi connectivity index (χ4n) is 1.87. The van der Waals surface area contributed by atoms with Crippen LogP contribution in [0.1, 0.15) is 0 Å². The molecule has 2 rings (SSSR count). The van der Waals surface area contributed by atoms with Crippen LogP contribution in [-0.4, -0.2) is 33.1 Å². The summed E-state index contributed by atoms with van der Waals surface area (Å²) in [4.78, 5) is 0. The van der Waals surface area contributed by atoms with Gasteiger partial charge in [0.1, 0.15) is 0 Å². The van der Waals surface area contributed by atoms with Crippen LogP contribution in [0.2, 0.25) is 18.5 Å². The Kier molecular flexibility index (Phi) is 1.96. The van der Waals surface area contributed by atoms with Crippen molar-refractivity contribution in [1.29, 1.82) is 0 Å². The molecule has 10 heavy (non-hydrogen) atoms. The van der Waals surface area contributed by atoms with E-state index in [2.05, 4.69) is 0 Å². The Hall–Kier alpha value is -0.0151. The third-order valence-corrected chi connectivity index (χ3v) is 2.60. The highest BCUT2D eigenvalue weighted by Gasteiger charge is 2.31. The van der Waals surface area contributed by atoms with E-state index < -0.39 is 0 Å². The highest BCUT2D eigenvalue weighted by molar-refractivity contribution is 6.61. The molecule has 0 radical (unpaired) electrons. The lowest BCUT2D eigenvalue weighted by atomic mass is 9.36. The molecular weight excluding hydrogens is 127 g/mol. The van der Waals surface area contributed by atoms with Gasteiger partial charge in [0.15, 0.2) is 6.71 Å². The van der Waals surface area contributed by atoms with E-state index in [0.29, 0.717) is 5.82 Å². The van der Waals surface area contributed by atoms with Crippen molar-refractivity contribution in [2.45, 2.75) is 18.5 Å². The van der Waals surface area contributed by atoms with Crippen LogP contribution in [0.5, 0.6) is 0 Å². The summed E-state index contributed by atoms with van der Waals surface area (Å²) in [6.07, 6.45) is 2.52. The van der Waals surface area contributed by atoms with Crippen molar-refractivity contribution < 1.29 is 9.47 Å². The number of rotatable bonds is 0. The monoisotopic (exact) mass is 140 g/mol. The molecule has 0 aliphatic carbocycles. The van der Waals surface area contributed by atoms with Crippen LogP contribution in [0.15, 0.2) is 0 Å². The average molecular weight is 140 g/mol. The summed E-state index contributed by atoms with van der Waals surface area (Å²) < 4.78 is 10.7. The summed E-state index contributed by atoms with van der Waals surface area (Å²) in [6.45, 7) is 4.72. The summed E-state index contributed by atoms with van der Waals surface area (Å²) in [6, 6.07) is 0. The Morgan fingerprint density at radius 2 is 1.60 bits per heavy atom. The Labute approximate surface area is 62.0 Å². The van der Waals surface area contributed by atoms with Gasteiger partial charge in [-0.1, -0.05) is 0 Å². The molecule has 0 unspecified atom stereocenters. The fraction of sp³-hybridized carbons (Fsp3) is 1.00. The van der Waals surface area contributed by atoms with E-state index in [0.717, 1.165) is 33.1 Å². The molecular formula is C7H13BO2. The molecule has 56 valence electrons. The first kappa shape index (κ1) is 6.68. The van der Waals surface area contributed by atoms with Crippen LogP contribution in [0, 0.1) is 0 Å². The van der Waals surface area contributed by atoms with Crippen molar-refractivity contribution in [3.8, 4) is 0 Å². The maximum Gasteiger partial charge on any atom is 0.153 e. The molecule has 2 nitrogen and oxygen atoms in total. The van der Waals surface area contributed by atoms with Gasteiger partial charge in [-0.05, 0) is 18.5 Å². The van der Waals surface area contributed by atoms with Gasteiger partial charge in [-0.15, -0.1) is 0 Å². The minimum atomic E-state index is 0.711. The quantitative estimate of drug-likeness (QED) is 0.465. The molecule has 0 aromatic heterocycles. The van der Waals surface area contributed by atoms with Crippen molar-refractivity contribution in [2.24, 2.45) is 0 Å². The molecule has 0 aromatic rings. The molecule has 2 fully saturated rings. The smallest absolute Gasteiger partial charge is 0.153 e. The molecule has 0 amide bonds. The van der Waals surface area contributed by atoms with E-state index >= 15 is 0 Å². The van der Waals surface area contributed by atoms with Crippen molar-refractivity contribution in [2.75, 3.05) is 26.4 Å². The summed E-state index contributed by atoms with van der Waals surface area (Å²) in [5.74, 6) is 0.711. The fourth-order valence-corrected chi connectivity index (χ4v) is 1.87. The topological polar surface area (TPSA) is 18.5 Å². The maximum atomic E-state index is 5.36. The molecule has 2 aliphatic rings. The third kappa shape index (κ3) is 1.20. The Morgan fingerprint density at radius 1 is 1.00 bits per heavy atom.